The molecule has 0 fully saturated rings. The summed E-state index contributed by atoms with van der Waals surface area (Å²) in [4.78, 5) is 26.3. The van der Waals surface area contributed by atoms with Crippen molar-refractivity contribution in [1.29, 1.82) is 0 Å². The van der Waals surface area contributed by atoms with Gasteiger partial charge in [-0.1, -0.05) is 6.07 Å². The first-order valence-electron chi connectivity index (χ1n) is 10.4. The average Bonchev–Trinajstić information content (AvgIpc) is 3.27. The Bertz CT molecular complexity index is 1430. The number of carbonyl (C=O) groups is 2. The van der Waals surface area contributed by atoms with Crippen LogP contribution in [0.3, 0.4) is 0 Å². The van der Waals surface area contributed by atoms with E-state index < -0.39 is 11.2 Å². The Morgan fingerprint density at radius 3 is 2.61 bits per heavy atom. The Morgan fingerprint density at radius 1 is 1.21 bits per heavy atom. The normalized spacial score (nSPS) is 18.2. The van der Waals surface area contributed by atoms with E-state index in [-0.39, 0.29) is 45.5 Å². The van der Waals surface area contributed by atoms with Crippen LogP contribution in [0.4, 0.5) is 0 Å². The maximum atomic E-state index is 13.9. The molecule has 0 saturated carbocycles. The fraction of sp³-hybridized carbons (Fsp3) is 0.240. The topological polar surface area (TPSA) is 111 Å². The lowest BCUT2D eigenvalue weighted by molar-refractivity contribution is 0.0905. The maximum absolute atomic E-state index is 13.9. The molecule has 1 aliphatic heterocycles. The third kappa shape index (κ3) is 2.54. The molecule has 168 valence electrons. The number of phenols is 2. The standard InChI is InChI=1S/C25H22N2O6/c1-11-21(29)19(13(3)28)23-20(22(11)30)25(4)17(33-23)10-16-18(24(25)31)12(2)26-27(16)14-7-6-8-15(9-14)32-5/h6-10,29-30H,1-5H3/t25-/m0/s1. The highest BCUT2D eigenvalue weighted by Gasteiger charge is 2.55. The molecule has 0 bridgehead atoms. The summed E-state index contributed by atoms with van der Waals surface area (Å²) in [5, 5.41) is 26.0. The molecule has 5 rings (SSSR count). The van der Waals surface area contributed by atoms with Gasteiger partial charge >= 0.3 is 0 Å². The van der Waals surface area contributed by atoms with Crippen molar-refractivity contribution in [2.75, 3.05) is 7.11 Å². The van der Waals surface area contributed by atoms with Gasteiger partial charge in [0.15, 0.2) is 11.6 Å². The van der Waals surface area contributed by atoms with Crippen LogP contribution in [0.15, 0.2) is 30.0 Å². The molecule has 8 heteroatoms. The number of allylic oxidation sites excluding steroid dienone is 1. The molecule has 1 atom stereocenters. The Balaban J connectivity index is 1.79. The number of rotatable bonds is 3. The highest BCUT2D eigenvalue weighted by Crippen LogP contribution is 2.58. The molecule has 33 heavy (non-hydrogen) atoms. The van der Waals surface area contributed by atoms with Gasteiger partial charge in [-0.25, -0.2) is 4.68 Å². The Labute approximate surface area is 189 Å². The summed E-state index contributed by atoms with van der Waals surface area (Å²) in [6.45, 7) is 6.19. The summed E-state index contributed by atoms with van der Waals surface area (Å²) in [7, 11) is 1.57. The summed E-state index contributed by atoms with van der Waals surface area (Å²) >= 11 is 0. The average molecular weight is 446 g/mol. The lowest BCUT2D eigenvalue weighted by Crippen LogP contribution is -2.36. The molecule has 2 heterocycles. The minimum Gasteiger partial charge on any atom is -0.507 e. The third-order valence-electron chi connectivity index (χ3n) is 6.54. The zero-order valence-corrected chi connectivity index (χ0v) is 18.8. The van der Waals surface area contributed by atoms with Gasteiger partial charge in [0.1, 0.15) is 39.7 Å². The van der Waals surface area contributed by atoms with E-state index >= 15 is 0 Å². The van der Waals surface area contributed by atoms with E-state index in [4.69, 9.17) is 9.47 Å². The number of Topliss-reactive ketones (excluding diaryl/α,β-unsaturated/α-hetero) is 2. The molecule has 2 aromatic carbocycles. The number of ether oxygens (including phenoxy) is 2. The smallest absolute Gasteiger partial charge is 0.185 e. The van der Waals surface area contributed by atoms with Crippen molar-refractivity contribution in [2.45, 2.75) is 33.1 Å². The molecule has 2 N–H and O–H groups in total. The molecular weight excluding hydrogens is 424 g/mol. The van der Waals surface area contributed by atoms with Crippen LogP contribution in [-0.2, 0) is 5.41 Å². The Kier molecular flexibility index (Phi) is 4.23. The molecule has 0 spiro atoms. The Morgan fingerprint density at radius 2 is 1.94 bits per heavy atom. The highest BCUT2D eigenvalue weighted by atomic mass is 16.5. The molecule has 1 aromatic heterocycles. The van der Waals surface area contributed by atoms with E-state index in [1.807, 2.05) is 18.2 Å². The molecule has 1 aliphatic carbocycles. The number of benzene rings is 2. The zero-order chi connectivity index (χ0) is 23.8. The molecule has 0 saturated heterocycles. The van der Waals surface area contributed by atoms with Gasteiger partial charge in [-0.3, -0.25) is 9.59 Å². The first kappa shape index (κ1) is 20.8. The van der Waals surface area contributed by atoms with Gasteiger partial charge < -0.3 is 19.7 Å². The highest BCUT2D eigenvalue weighted by molar-refractivity contribution is 6.14. The predicted octanol–water partition coefficient (Wildman–Crippen LogP) is 4.00. The van der Waals surface area contributed by atoms with Crippen LogP contribution in [0.25, 0.3) is 11.8 Å². The van der Waals surface area contributed by atoms with Crippen LogP contribution in [0, 0.1) is 13.8 Å². The van der Waals surface area contributed by atoms with Crippen molar-refractivity contribution in [3.8, 4) is 28.7 Å². The van der Waals surface area contributed by atoms with E-state index in [1.165, 1.54) is 13.8 Å². The van der Waals surface area contributed by atoms with Gasteiger partial charge in [0.2, 0.25) is 0 Å². The fourth-order valence-electron chi connectivity index (χ4n) is 4.73. The summed E-state index contributed by atoms with van der Waals surface area (Å²) in [6.07, 6.45) is 1.70. The quantitative estimate of drug-likeness (QED) is 0.585. The largest absolute Gasteiger partial charge is 0.507 e. The predicted molar refractivity (Wildman–Crippen MR) is 120 cm³/mol. The van der Waals surface area contributed by atoms with E-state index in [0.29, 0.717) is 28.4 Å². The van der Waals surface area contributed by atoms with Crippen molar-refractivity contribution in [3.63, 3.8) is 0 Å². The van der Waals surface area contributed by atoms with Gasteiger partial charge in [-0.2, -0.15) is 5.10 Å². The lowest BCUT2D eigenvalue weighted by Gasteiger charge is -2.27. The van der Waals surface area contributed by atoms with Gasteiger partial charge in [0, 0.05) is 17.7 Å². The number of nitrogens with zero attached hydrogens (tertiary/aromatic N) is 2. The van der Waals surface area contributed by atoms with E-state index in [9.17, 15) is 19.8 Å². The maximum Gasteiger partial charge on any atom is 0.185 e. The van der Waals surface area contributed by atoms with Crippen molar-refractivity contribution >= 4 is 17.6 Å². The fourth-order valence-corrected chi connectivity index (χ4v) is 4.73. The second kappa shape index (κ2) is 6.71. The molecule has 0 amide bonds. The number of phenolic OH excluding ortho intramolecular Hbond substituents is 2. The number of carbonyl (C=O) groups excluding carboxylic acids is 2. The van der Waals surface area contributed by atoms with E-state index in [0.717, 1.165) is 0 Å². The summed E-state index contributed by atoms with van der Waals surface area (Å²) in [6, 6.07) is 7.28. The van der Waals surface area contributed by atoms with Crippen LogP contribution in [0.5, 0.6) is 23.0 Å². The number of aryl methyl sites for hydroxylation is 1. The zero-order valence-electron chi connectivity index (χ0n) is 18.8. The molecule has 3 aromatic rings. The number of methoxy groups -OCH3 is 1. The number of aromatic hydroxyl groups is 2. The number of hydrogen-bond donors (Lipinski definition) is 2. The minimum atomic E-state index is -1.37. The molecule has 2 aliphatic rings. The van der Waals surface area contributed by atoms with Crippen LogP contribution in [0.2, 0.25) is 0 Å². The van der Waals surface area contributed by atoms with Crippen molar-refractivity contribution in [1.82, 2.24) is 9.78 Å². The minimum absolute atomic E-state index is 0.00824. The van der Waals surface area contributed by atoms with Gasteiger partial charge in [0.25, 0.3) is 0 Å². The number of fused-ring (bicyclic) bond motifs is 4. The first-order valence-corrected chi connectivity index (χ1v) is 10.4. The molecule has 0 radical (unpaired) electrons. The van der Waals surface area contributed by atoms with Crippen LogP contribution in [-0.4, -0.2) is 38.7 Å². The van der Waals surface area contributed by atoms with Crippen LogP contribution < -0.4 is 9.47 Å². The van der Waals surface area contributed by atoms with E-state index in [2.05, 4.69) is 5.10 Å². The summed E-state index contributed by atoms with van der Waals surface area (Å²) in [5.41, 5.74) is 1.01. The monoisotopic (exact) mass is 446 g/mol. The second-order valence-electron chi connectivity index (χ2n) is 8.48. The van der Waals surface area contributed by atoms with Gasteiger partial charge in [0.05, 0.1) is 35.3 Å². The molecule has 8 nitrogen and oxygen atoms in total. The molecular formula is C25H22N2O6. The Hall–Kier alpha value is -4.07. The number of hydrogen-bond acceptors (Lipinski definition) is 7. The van der Waals surface area contributed by atoms with Crippen molar-refractivity contribution in [3.05, 3.63) is 63.7 Å². The summed E-state index contributed by atoms with van der Waals surface area (Å²) < 4.78 is 13.0. The second-order valence-corrected chi connectivity index (χ2v) is 8.48. The number of ketones is 2. The number of aromatic nitrogens is 2. The van der Waals surface area contributed by atoms with Crippen LogP contribution in [0.1, 0.15) is 57.1 Å². The van der Waals surface area contributed by atoms with Gasteiger partial charge in [-0.05, 0) is 39.8 Å². The third-order valence-corrected chi connectivity index (χ3v) is 6.54. The van der Waals surface area contributed by atoms with Crippen molar-refractivity contribution < 1.29 is 29.3 Å². The van der Waals surface area contributed by atoms with Crippen LogP contribution >= 0.6 is 0 Å². The first-order chi connectivity index (χ1) is 15.6. The van der Waals surface area contributed by atoms with E-state index in [1.54, 1.807) is 37.8 Å². The summed E-state index contributed by atoms with van der Waals surface area (Å²) in [5.74, 6) is -0.469. The molecule has 0 unspecified atom stereocenters. The lowest BCUT2D eigenvalue weighted by atomic mass is 9.71. The van der Waals surface area contributed by atoms with Crippen molar-refractivity contribution in [2.24, 2.45) is 0 Å². The van der Waals surface area contributed by atoms with Gasteiger partial charge in [-0.15, -0.1) is 0 Å². The SMILES string of the molecule is COc1cccc(-n2nc(C)c3c2C=C2Oc4c(C(C)=O)c(O)c(C)c(O)c4[C@@]2(C)C3=O)c1.